The molecular weight excluding hydrogens is 440 g/mol. The lowest BCUT2D eigenvalue weighted by molar-refractivity contribution is -0.135. The number of amides is 1. The van der Waals surface area contributed by atoms with Crippen LogP contribution < -0.4 is 10.2 Å². The van der Waals surface area contributed by atoms with Gasteiger partial charge in [-0.2, -0.15) is 0 Å². The molecule has 2 atom stereocenters. The molecule has 2 aliphatic heterocycles. The highest BCUT2D eigenvalue weighted by molar-refractivity contribution is 5.84. The predicted molar refractivity (Wildman–Crippen MR) is 134 cm³/mol. The summed E-state index contributed by atoms with van der Waals surface area (Å²) in [5, 5.41) is 1.92. The van der Waals surface area contributed by atoms with Gasteiger partial charge < -0.3 is 19.1 Å². The molecule has 0 spiro atoms. The Labute approximate surface area is 206 Å². The second kappa shape index (κ2) is 9.96. The molecule has 0 saturated carbocycles. The van der Waals surface area contributed by atoms with Crippen molar-refractivity contribution in [3.8, 4) is 17.2 Å². The standard InChI is InChI=1S/C28H32N4O3/c1-4-5-16-34-26-9-7-6-8-22(26)23-17-25-28(33)31(14-15-32(25)30-23)18-24-20(3)35-27(29-24)21-12-10-19(2)11-13-21/h6-15,23,25,30H,4-5,16-18H2,1-3H3. The van der Waals surface area contributed by atoms with Crippen molar-refractivity contribution in [2.45, 2.75) is 58.7 Å². The molecule has 2 aromatic carbocycles. The zero-order valence-corrected chi connectivity index (χ0v) is 20.5. The summed E-state index contributed by atoms with van der Waals surface area (Å²) in [6.45, 7) is 7.17. The summed E-state index contributed by atoms with van der Waals surface area (Å²) in [7, 11) is 0. The molecule has 5 rings (SSSR count). The molecule has 3 aromatic rings. The van der Waals surface area contributed by atoms with Crippen LogP contribution in [0.1, 0.15) is 54.8 Å². The van der Waals surface area contributed by atoms with Gasteiger partial charge in [-0.05, 0) is 44.9 Å². The Balaban J connectivity index is 1.28. The second-order valence-electron chi connectivity index (χ2n) is 9.23. The van der Waals surface area contributed by atoms with E-state index in [0.717, 1.165) is 41.2 Å². The number of hydrogen-bond donors (Lipinski definition) is 1. The fourth-order valence-corrected chi connectivity index (χ4v) is 4.55. The quantitative estimate of drug-likeness (QED) is 0.450. The van der Waals surface area contributed by atoms with Gasteiger partial charge in [0.1, 0.15) is 23.2 Å². The number of para-hydroxylation sites is 1. The van der Waals surface area contributed by atoms with Crippen LogP contribution in [0, 0.1) is 13.8 Å². The first-order chi connectivity index (χ1) is 17.0. The zero-order valence-electron chi connectivity index (χ0n) is 20.5. The normalized spacial score (nSPS) is 19.3. The molecule has 3 heterocycles. The number of oxazole rings is 1. The molecular formula is C28H32N4O3. The topological polar surface area (TPSA) is 70.8 Å². The second-order valence-corrected chi connectivity index (χ2v) is 9.23. The van der Waals surface area contributed by atoms with Crippen LogP contribution in [0.2, 0.25) is 0 Å². The summed E-state index contributed by atoms with van der Waals surface area (Å²) < 4.78 is 12.0. The van der Waals surface area contributed by atoms with Gasteiger partial charge in [0.25, 0.3) is 5.91 Å². The molecule has 1 fully saturated rings. The maximum Gasteiger partial charge on any atom is 0.251 e. The summed E-state index contributed by atoms with van der Waals surface area (Å²) in [6, 6.07) is 15.9. The van der Waals surface area contributed by atoms with Crippen LogP contribution in [0.4, 0.5) is 0 Å². The lowest BCUT2D eigenvalue weighted by Crippen LogP contribution is -2.47. The van der Waals surface area contributed by atoms with Crippen molar-refractivity contribution in [1.82, 2.24) is 20.3 Å². The summed E-state index contributed by atoms with van der Waals surface area (Å²) in [6.07, 6.45) is 6.53. The third kappa shape index (κ3) is 4.82. The minimum atomic E-state index is -0.280. The number of unbranched alkanes of at least 4 members (excludes halogenated alkanes) is 1. The maximum atomic E-state index is 13.4. The number of carbonyl (C=O) groups is 1. The van der Waals surface area contributed by atoms with Crippen LogP contribution in [-0.4, -0.2) is 33.4 Å². The molecule has 7 nitrogen and oxygen atoms in total. The van der Waals surface area contributed by atoms with Crippen molar-refractivity contribution < 1.29 is 13.9 Å². The smallest absolute Gasteiger partial charge is 0.251 e. The Morgan fingerprint density at radius 2 is 1.91 bits per heavy atom. The van der Waals surface area contributed by atoms with Gasteiger partial charge >= 0.3 is 0 Å². The van der Waals surface area contributed by atoms with E-state index in [1.54, 1.807) is 4.90 Å². The van der Waals surface area contributed by atoms with Crippen molar-refractivity contribution >= 4 is 5.91 Å². The van der Waals surface area contributed by atoms with Crippen LogP contribution in [0.15, 0.2) is 65.3 Å². The van der Waals surface area contributed by atoms with E-state index in [2.05, 4.69) is 18.4 Å². The highest BCUT2D eigenvalue weighted by Gasteiger charge is 2.41. The van der Waals surface area contributed by atoms with Gasteiger partial charge in [-0.15, -0.1) is 0 Å². The van der Waals surface area contributed by atoms with Gasteiger partial charge in [0, 0.05) is 23.5 Å². The molecule has 1 N–H and O–H groups in total. The van der Waals surface area contributed by atoms with Gasteiger partial charge in [-0.1, -0.05) is 49.2 Å². The molecule has 1 amide bonds. The number of aryl methyl sites for hydroxylation is 2. The molecule has 1 saturated heterocycles. The van der Waals surface area contributed by atoms with E-state index in [-0.39, 0.29) is 18.0 Å². The van der Waals surface area contributed by atoms with E-state index < -0.39 is 0 Å². The van der Waals surface area contributed by atoms with Gasteiger partial charge in [-0.3, -0.25) is 4.79 Å². The number of ether oxygens (including phenoxy) is 1. The van der Waals surface area contributed by atoms with Crippen molar-refractivity contribution in [2.75, 3.05) is 6.61 Å². The SMILES string of the molecule is CCCCOc1ccccc1C1CC2C(=O)N(Cc3nc(-c4ccc(C)cc4)oc3C)C=CN2N1. The van der Waals surface area contributed by atoms with Crippen molar-refractivity contribution in [1.29, 1.82) is 0 Å². The van der Waals surface area contributed by atoms with Crippen molar-refractivity contribution in [3.63, 3.8) is 0 Å². The number of hydrogen-bond acceptors (Lipinski definition) is 6. The fraction of sp³-hybridized carbons (Fsp3) is 0.357. The average molecular weight is 473 g/mol. The van der Waals surface area contributed by atoms with Gasteiger partial charge in [0.05, 0.1) is 19.2 Å². The molecule has 0 radical (unpaired) electrons. The number of aromatic nitrogens is 1. The summed E-state index contributed by atoms with van der Waals surface area (Å²) in [4.78, 5) is 19.8. The Hall–Kier alpha value is -3.58. The highest BCUT2D eigenvalue weighted by Crippen LogP contribution is 2.36. The number of nitrogens with zero attached hydrogens (tertiary/aromatic N) is 3. The lowest BCUT2D eigenvalue weighted by Gasteiger charge is -2.31. The highest BCUT2D eigenvalue weighted by atomic mass is 16.5. The molecule has 0 bridgehead atoms. The Bertz CT molecular complexity index is 1220. The van der Waals surface area contributed by atoms with Crippen LogP contribution in [0.3, 0.4) is 0 Å². The molecule has 2 aliphatic rings. The van der Waals surface area contributed by atoms with Gasteiger partial charge in [0.15, 0.2) is 0 Å². The Morgan fingerprint density at radius 1 is 1.11 bits per heavy atom. The average Bonchev–Trinajstić information content (AvgIpc) is 3.46. The van der Waals surface area contributed by atoms with E-state index in [0.29, 0.717) is 25.5 Å². The first-order valence-electron chi connectivity index (χ1n) is 12.3. The van der Waals surface area contributed by atoms with Crippen molar-refractivity contribution in [3.05, 3.63) is 83.5 Å². The van der Waals surface area contributed by atoms with Gasteiger partial charge in [-0.25, -0.2) is 10.4 Å². The summed E-state index contributed by atoms with van der Waals surface area (Å²) in [5.41, 5.74) is 7.45. The number of nitrogens with one attached hydrogen (secondary N) is 1. The molecule has 182 valence electrons. The van der Waals surface area contributed by atoms with E-state index in [1.165, 1.54) is 5.56 Å². The molecule has 2 unspecified atom stereocenters. The zero-order chi connectivity index (χ0) is 24.4. The van der Waals surface area contributed by atoms with E-state index in [9.17, 15) is 4.79 Å². The Kier molecular flexibility index (Phi) is 6.59. The summed E-state index contributed by atoms with van der Waals surface area (Å²) >= 11 is 0. The fourth-order valence-electron chi connectivity index (χ4n) is 4.55. The van der Waals surface area contributed by atoms with E-state index >= 15 is 0 Å². The van der Waals surface area contributed by atoms with Crippen LogP contribution in [0.25, 0.3) is 11.5 Å². The van der Waals surface area contributed by atoms with E-state index in [1.807, 2.05) is 73.7 Å². The van der Waals surface area contributed by atoms with Crippen LogP contribution in [0.5, 0.6) is 5.75 Å². The molecule has 7 heteroatoms. The van der Waals surface area contributed by atoms with Gasteiger partial charge in [0.2, 0.25) is 5.89 Å². The number of fused-ring (bicyclic) bond motifs is 1. The minimum Gasteiger partial charge on any atom is -0.493 e. The maximum absolute atomic E-state index is 13.4. The minimum absolute atomic E-state index is 0.00769. The number of benzene rings is 2. The van der Waals surface area contributed by atoms with Crippen molar-refractivity contribution in [2.24, 2.45) is 0 Å². The lowest BCUT2D eigenvalue weighted by atomic mass is 10.00. The number of hydrazine groups is 1. The molecule has 0 aliphatic carbocycles. The van der Waals surface area contributed by atoms with E-state index in [4.69, 9.17) is 14.1 Å². The first-order valence-corrected chi connectivity index (χ1v) is 12.3. The predicted octanol–water partition coefficient (Wildman–Crippen LogP) is 5.27. The van der Waals surface area contributed by atoms with Crippen LogP contribution in [-0.2, 0) is 11.3 Å². The monoisotopic (exact) mass is 472 g/mol. The number of carbonyl (C=O) groups excluding carboxylic acids is 1. The third-order valence-electron chi connectivity index (χ3n) is 6.64. The van der Waals surface area contributed by atoms with Crippen LogP contribution >= 0.6 is 0 Å². The third-order valence-corrected chi connectivity index (χ3v) is 6.64. The number of rotatable bonds is 8. The molecule has 35 heavy (non-hydrogen) atoms. The molecule has 1 aromatic heterocycles. The summed E-state index contributed by atoms with van der Waals surface area (Å²) in [5.74, 6) is 2.24. The largest absolute Gasteiger partial charge is 0.493 e. The first kappa shape index (κ1) is 23.2. The Morgan fingerprint density at radius 3 is 2.71 bits per heavy atom.